The molecular formula is C23H30BrFN5O+. The lowest BCUT2D eigenvalue weighted by Gasteiger charge is -2.13. The molecule has 2 rings (SSSR count). The van der Waals surface area contributed by atoms with Gasteiger partial charge in [0.25, 0.3) is 11.7 Å². The number of amides is 1. The zero-order valence-corrected chi connectivity index (χ0v) is 19.8. The Balaban J connectivity index is 2.42. The Morgan fingerprint density at radius 2 is 1.71 bits per heavy atom. The fraction of sp³-hybridized carbons (Fsp3) is 0.348. The van der Waals surface area contributed by atoms with Crippen LogP contribution in [0.4, 0.5) is 15.8 Å². The number of benzene rings is 2. The van der Waals surface area contributed by atoms with Crippen molar-refractivity contribution in [2.45, 2.75) is 44.9 Å². The van der Waals surface area contributed by atoms with Gasteiger partial charge in [0.15, 0.2) is 0 Å². The summed E-state index contributed by atoms with van der Waals surface area (Å²) in [4.78, 5) is 11.6. The number of rotatable bonds is 7. The van der Waals surface area contributed by atoms with Crippen molar-refractivity contribution in [3.63, 3.8) is 0 Å². The zero-order chi connectivity index (χ0) is 23.1. The van der Waals surface area contributed by atoms with Crippen LogP contribution in [0.2, 0.25) is 0 Å². The molecule has 0 heterocycles. The van der Waals surface area contributed by atoms with Gasteiger partial charge in [-0.15, -0.1) is 0 Å². The largest absolute Gasteiger partial charge is 0.397 e. The Morgan fingerprint density at radius 3 is 2.26 bits per heavy atom. The van der Waals surface area contributed by atoms with E-state index in [1.807, 2.05) is 24.3 Å². The molecule has 31 heavy (non-hydrogen) atoms. The minimum atomic E-state index is -0.866. The molecule has 0 fully saturated rings. The highest BCUT2D eigenvalue weighted by atomic mass is 79.9. The number of carbonyl (C=O) groups is 1. The van der Waals surface area contributed by atoms with Crippen LogP contribution in [-0.2, 0) is 0 Å². The van der Waals surface area contributed by atoms with Crippen LogP contribution in [0.25, 0.3) is 0 Å². The monoisotopic (exact) mass is 490 g/mol. The van der Waals surface area contributed by atoms with E-state index < -0.39 is 11.7 Å². The Bertz CT molecular complexity index is 982. The molecule has 2 aromatic carbocycles. The second-order valence-electron chi connectivity index (χ2n) is 8.03. The third-order valence-electron chi connectivity index (χ3n) is 4.59. The molecule has 0 aliphatic heterocycles. The number of amidine groups is 1. The van der Waals surface area contributed by atoms with E-state index in [-0.39, 0.29) is 22.0 Å². The van der Waals surface area contributed by atoms with Crippen molar-refractivity contribution in [2.75, 3.05) is 10.6 Å². The predicted octanol–water partition coefficient (Wildman–Crippen LogP) is 4.16. The number of anilines is 2. The fourth-order valence-electron chi connectivity index (χ4n) is 2.98. The van der Waals surface area contributed by atoms with Crippen LogP contribution in [0, 0.1) is 11.7 Å². The molecule has 2 aromatic rings. The average molecular weight is 491 g/mol. The first kappa shape index (κ1) is 24.4. The number of guanidine groups is 1. The Hall–Kier alpha value is -2.83. The average Bonchev–Trinajstić information content (AvgIpc) is 2.67. The molecule has 1 amide bonds. The molecule has 6 N–H and O–H groups in total. The molecule has 166 valence electrons. The standard InChI is InChI=1S/C23H29BrFN5O/c1-13(2)12-17(24)22(29-19-7-5-6-18(25)20(19)21(26)31)30-23(27)28-16-10-8-15(9-11-16)14(3)4/h5-11,13-14,17H,12H2,1-4H3,(H5,26,27,28,29,30,31)/p+1. The summed E-state index contributed by atoms with van der Waals surface area (Å²) in [6.07, 6.45) is 0.740. The summed E-state index contributed by atoms with van der Waals surface area (Å²) in [5.74, 6) is -0.185. The number of nitrogens with one attached hydrogen (secondary N) is 2. The van der Waals surface area contributed by atoms with Crippen LogP contribution in [0.15, 0.2) is 42.5 Å². The van der Waals surface area contributed by atoms with Crippen LogP contribution in [0.5, 0.6) is 0 Å². The van der Waals surface area contributed by atoms with Crippen LogP contribution >= 0.6 is 15.9 Å². The normalized spacial score (nSPS) is 11.7. The van der Waals surface area contributed by atoms with E-state index >= 15 is 0 Å². The van der Waals surface area contributed by atoms with E-state index in [2.05, 4.69) is 58.9 Å². The van der Waals surface area contributed by atoms with E-state index in [4.69, 9.17) is 11.5 Å². The van der Waals surface area contributed by atoms with Gasteiger partial charge in [-0.2, -0.15) is 0 Å². The summed E-state index contributed by atoms with van der Waals surface area (Å²) in [6.45, 7) is 8.40. The highest BCUT2D eigenvalue weighted by Crippen LogP contribution is 2.21. The second kappa shape index (κ2) is 11.0. The van der Waals surface area contributed by atoms with Crippen molar-refractivity contribution >= 4 is 45.0 Å². The van der Waals surface area contributed by atoms with E-state index in [9.17, 15) is 9.18 Å². The fourth-order valence-corrected chi connectivity index (χ4v) is 3.94. The van der Waals surface area contributed by atoms with Gasteiger partial charge < -0.3 is 5.73 Å². The van der Waals surface area contributed by atoms with Crippen LogP contribution < -0.4 is 26.8 Å². The highest BCUT2D eigenvalue weighted by molar-refractivity contribution is 9.10. The van der Waals surface area contributed by atoms with E-state index in [1.54, 1.807) is 6.07 Å². The lowest BCUT2D eigenvalue weighted by molar-refractivity contribution is 0.0997. The van der Waals surface area contributed by atoms with Gasteiger partial charge in [-0.05, 0) is 48.1 Å². The SMILES string of the molecule is CC(C)CC(Br)C(=[N+]=C(N)Nc1ccc(C(C)C)cc1)Nc1cccc(F)c1C(N)=O. The van der Waals surface area contributed by atoms with Gasteiger partial charge >= 0.3 is 5.96 Å². The molecule has 0 aliphatic carbocycles. The number of hydrogen-bond acceptors (Lipinski definition) is 1. The minimum Gasteiger partial charge on any atom is -0.365 e. The lowest BCUT2D eigenvalue weighted by atomic mass is 10.0. The first-order valence-corrected chi connectivity index (χ1v) is 11.1. The van der Waals surface area contributed by atoms with Gasteiger partial charge in [-0.3, -0.25) is 21.2 Å². The second-order valence-corrected chi connectivity index (χ2v) is 9.14. The lowest BCUT2D eigenvalue weighted by Crippen LogP contribution is -2.34. The van der Waals surface area contributed by atoms with Gasteiger partial charge in [0, 0.05) is 0 Å². The molecule has 0 saturated heterocycles. The smallest absolute Gasteiger partial charge is 0.365 e. The summed E-state index contributed by atoms with van der Waals surface area (Å²) in [7, 11) is 0. The minimum absolute atomic E-state index is 0.157. The van der Waals surface area contributed by atoms with Gasteiger partial charge in [-0.1, -0.05) is 61.8 Å². The number of nitrogens with zero attached hydrogens (tertiary/aromatic N) is 1. The molecule has 8 heteroatoms. The maximum atomic E-state index is 14.2. The number of hydrogen-bond donors (Lipinski definition) is 4. The van der Waals surface area contributed by atoms with Gasteiger partial charge in [-0.25, -0.2) is 9.06 Å². The van der Waals surface area contributed by atoms with Crippen molar-refractivity contribution < 1.29 is 9.18 Å². The third-order valence-corrected chi connectivity index (χ3v) is 5.40. The van der Waals surface area contributed by atoms with Gasteiger partial charge in [0.2, 0.25) is 0 Å². The van der Waals surface area contributed by atoms with Crippen LogP contribution in [0.3, 0.4) is 0 Å². The first-order chi connectivity index (χ1) is 14.6. The number of nitrogens with two attached hydrogens (primary N) is 2. The summed E-state index contributed by atoms with van der Waals surface area (Å²) in [5, 5.41) is 6.10. The third kappa shape index (κ3) is 7.12. The molecular weight excluding hydrogens is 461 g/mol. The summed E-state index contributed by atoms with van der Waals surface area (Å²) in [6, 6.07) is 12.2. The van der Waals surface area contributed by atoms with Gasteiger partial charge in [0.1, 0.15) is 16.2 Å². The number of primary amides is 1. The Kier molecular flexibility index (Phi) is 8.65. The molecule has 1 unspecified atom stereocenters. The molecule has 0 spiro atoms. The molecule has 0 bridgehead atoms. The van der Waals surface area contributed by atoms with Crippen molar-refractivity contribution in [1.29, 1.82) is 0 Å². The van der Waals surface area contributed by atoms with E-state index in [0.717, 1.165) is 12.1 Å². The zero-order valence-electron chi connectivity index (χ0n) is 18.2. The Labute approximate surface area is 191 Å². The summed E-state index contributed by atoms with van der Waals surface area (Å²) < 4.78 is 18.6. The Morgan fingerprint density at radius 1 is 1.06 bits per heavy atom. The van der Waals surface area contributed by atoms with Gasteiger partial charge in [0.05, 0.1) is 11.4 Å². The van der Waals surface area contributed by atoms with Crippen LogP contribution in [-0.4, -0.2) is 22.5 Å². The number of carbonyl (C=O) groups excluding carboxylic acids is 1. The molecule has 0 saturated carbocycles. The quantitative estimate of drug-likeness (QED) is 0.202. The maximum Gasteiger partial charge on any atom is 0.397 e. The number of alkyl halides is 1. The number of halogens is 2. The van der Waals surface area contributed by atoms with E-state index in [1.165, 1.54) is 17.7 Å². The topological polar surface area (TPSA) is 107 Å². The van der Waals surface area contributed by atoms with Crippen molar-refractivity contribution in [1.82, 2.24) is 4.67 Å². The summed E-state index contributed by atoms with van der Waals surface area (Å²) in [5.41, 5.74) is 13.5. The molecule has 0 aromatic heterocycles. The van der Waals surface area contributed by atoms with Crippen molar-refractivity contribution in [2.24, 2.45) is 17.4 Å². The van der Waals surface area contributed by atoms with Crippen molar-refractivity contribution in [3.8, 4) is 0 Å². The highest BCUT2D eigenvalue weighted by Gasteiger charge is 2.23. The molecule has 6 nitrogen and oxygen atoms in total. The van der Waals surface area contributed by atoms with Crippen molar-refractivity contribution in [3.05, 3.63) is 59.4 Å². The maximum absolute atomic E-state index is 14.2. The molecule has 1 atom stereocenters. The van der Waals surface area contributed by atoms with E-state index in [0.29, 0.717) is 17.7 Å². The molecule has 0 radical (unpaired) electrons. The predicted molar refractivity (Wildman–Crippen MR) is 131 cm³/mol. The summed E-state index contributed by atoms with van der Waals surface area (Å²) >= 11 is 3.62. The first-order valence-electron chi connectivity index (χ1n) is 10.2. The molecule has 0 aliphatic rings. The van der Waals surface area contributed by atoms with Crippen LogP contribution in [0.1, 0.15) is 56.0 Å².